The quantitative estimate of drug-likeness (QED) is 0.608. The van der Waals surface area contributed by atoms with Gasteiger partial charge in [0, 0.05) is 18.1 Å². The Balaban J connectivity index is 2.36. The second-order valence-electron chi connectivity index (χ2n) is 3.86. The largest absolute Gasteiger partial charge is 0.493 e. The van der Waals surface area contributed by atoms with E-state index in [9.17, 15) is 4.79 Å². The van der Waals surface area contributed by atoms with Gasteiger partial charge in [0.1, 0.15) is 0 Å². The van der Waals surface area contributed by atoms with Crippen LogP contribution in [-0.2, 0) is 9.53 Å². The first-order valence-corrected chi connectivity index (χ1v) is 5.93. The van der Waals surface area contributed by atoms with Crippen molar-refractivity contribution in [3.05, 3.63) is 29.8 Å². The number of ether oxygens (including phenoxy) is 3. The SMILES string of the molecule is CCOC(=O)C=C1CCOc2c(OC)cccc21. The molecule has 1 aromatic rings. The molecule has 4 heteroatoms. The van der Waals surface area contributed by atoms with Crippen LogP contribution in [0, 0.1) is 0 Å². The maximum Gasteiger partial charge on any atom is 0.331 e. The number of para-hydroxylation sites is 1. The highest BCUT2D eigenvalue weighted by molar-refractivity contribution is 5.93. The number of benzene rings is 1. The van der Waals surface area contributed by atoms with E-state index in [2.05, 4.69) is 0 Å². The van der Waals surface area contributed by atoms with Crippen molar-refractivity contribution in [2.75, 3.05) is 20.3 Å². The van der Waals surface area contributed by atoms with Gasteiger partial charge in [-0.25, -0.2) is 4.79 Å². The monoisotopic (exact) mass is 248 g/mol. The molecule has 0 spiro atoms. The van der Waals surface area contributed by atoms with Gasteiger partial charge in [-0.3, -0.25) is 0 Å². The molecule has 2 rings (SSSR count). The first kappa shape index (κ1) is 12.5. The maximum atomic E-state index is 11.5. The van der Waals surface area contributed by atoms with Gasteiger partial charge in [-0.2, -0.15) is 0 Å². The number of carbonyl (C=O) groups excluding carboxylic acids is 1. The standard InChI is InChI=1S/C14H16O4/c1-3-17-13(15)9-10-7-8-18-14-11(10)5-4-6-12(14)16-2/h4-6,9H,3,7-8H2,1-2H3. The Kier molecular flexibility index (Phi) is 3.87. The predicted octanol–water partition coefficient (Wildman–Crippen LogP) is 2.42. The van der Waals surface area contributed by atoms with Crippen molar-refractivity contribution >= 4 is 11.5 Å². The third-order valence-electron chi connectivity index (χ3n) is 2.74. The van der Waals surface area contributed by atoms with Crippen molar-refractivity contribution < 1.29 is 19.0 Å². The molecule has 0 aromatic heterocycles. The van der Waals surface area contributed by atoms with Crippen LogP contribution in [0.5, 0.6) is 11.5 Å². The average molecular weight is 248 g/mol. The number of hydrogen-bond acceptors (Lipinski definition) is 4. The summed E-state index contributed by atoms with van der Waals surface area (Å²) in [4.78, 5) is 11.5. The number of esters is 1. The molecule has 4 nitrogen and oxygen atoms in total. The Morgan fingerprint density at radius 1 is 1.50 bits per heavy atom. The highest BCUT2D eigenvalue weighted by Gasteiger charge is 2.19. The zero-order chi connectivity index (χ0) is 13.0. The van der Waals surface area contributed by atoms with Gasteiger partial charge in [0.25, 0.3) is 0 Å². The van der Waals surface area contributed by atoms with Gasteiger partial charge in [0.15, 0.2) is 11.5 Å². The molecular formula is C14H16O4. The van der Waals surface area contributed by atoms with Crippen molar-refractivity contribution in [1.29, 1.82) is 0 Å². The van der Waals surface area contributed by atoms with E-state index in [0.717, 1.165) is 11.1 Å². The van der Waals surface area contributed by atoms with E-state index in [1.165, 1.54) is 6.08 Å². The summed E-state index contributed by atoms with van der Waals surface area (Å²) < 4.78 is 15.8. The lowest BCUT2D eigenvalue weighted by atomic mass is 9.99. The molecule has 1 aromatic carbocycles. The maximum absolute atomic E-state index is 11.5. The van der Waals surface area contributed by atoms with E-state index < -0.39 is 0 Å². The summed E-state index contributed by atoms with van der Waals surface area (Å²) in [6, 6.07) is 5.64. The number of carbonyl (C=O) groups is 1. The summed E-state index contributed by atoms with van der Waals surface area (Å²) >= 11 is 0. The second kappa shape index (κ2) is 5.58. The molecule has 18 heavy (non-hydrogen) atoms. The fourth-order valence-corrected chi connectivity index (χ4v) is 1.95. The Hall–Kier alpha value is -1.97. The van der Waals surface area contributed by atoms with E-state index in [1.54, 1.807) is 14.0 Å². The molecule has 0 saturated heterocycles. The Bertz CT molecular complexity index is 477. The molecule has 1 heterocycles. The Morgan fingerprint density at radius 2 is 2.33 bits per heavy atom. The molecular weight excluding hydrogens is 232 g/mol. The normalized spacial score (nSPS) is 15.8. The van der Waals surface area contributed by atoms with Crippen LogP contribution in [0.15, 0.2) is 24.3 Å². The van der Waals surface area contributed by atoms with Crippen LogP contribution in [0.25, 0.3) is 5.57 Å². The van der Waals surface area contributed by atoms with E-state index in [1.807, 2.05) is 18.2 Å². The van der Waals surface area contributed by atoms with E-state index in [0.29, 0.717) is 31.1 Å². The lowest BCUT2D eigenvalue weighted by Gasteiger charge is -2.21. The van der Waals surface area contributed by atoms with Gasteiger partial charge in [0.2, 0.25) is 0 Å². The number of hydrogen-bond donors (Lipinski definition) is 0. The van der Waals surface area contributed by atoms with Crippen LogP contribution in [0.4, 0.5) is 0 Å². The van der Waals surface area contributed by atoms with Gasteiger partial charge < -0.3 is 14.2 Å². The first-order chi connectivity index (χ1) is 8.76. The Morgan fingerprint density at radius 3 is 3.06 bits per heavy atom. The van der Waals surface area contributed by atoms with Crippen molar-refractivity contribution in [2.45, 2.75) is 13.3 Å². The molecule has 0 saturated carbocycles. The van der Waals surface area contributed by atoms with Crippen LogP contribution >= 0.6 is 0 Å². The van der Waals surface area contributed by atoms with E-state index in [-0.39, 0.29) is 5.97 Å². The molecule has 0 unspecified atom stereocenters. The molecule has 96 valence electrons. The molecule has 0 aliphatic carbocycles. The second-order valence-corrected chi connectivity index (χ2v) is 3.86. The summed E-state index contributed by atoms with van der Waals surface area (Å²) in [5.41, 5.74) is 1.82. The number of fused-ring (bicyclic) bond motifs is 1. The van der Waals surface area contributed by atoms with E-state index in [4.69, 9.17) is 14.2 Å². The molecule has 1 aliphatic rings. The van der Waals surface area contributed by atoms with Crippen LogP contribution in [0.2, 0.25) is 0 Å². The van der Waals surface area contributed by atoms with Crippen LogP contribution < -0.4 is 9.47 Å². The van der Waals surface area contributed by atoms with E-state index >= 15 is 0 Å². The van der Waals surface area contributed by atoms with Crippen molar-refractivity contribution in [1.82, 2.24) is 0 Å². The molecule has 0 N–H and O–H groups in total. The summed E-state index contributed by atoms with van der Waals surface area (Å²) in [6.07, 6.45) is 2.23. The molecule has 0 radical (unpaired) electrons. The molecule has 1 aliphatic heterocycles. The van der Waals surface area contributed by atoms with Crippen LogP contribution in [0.3, 0.4) is 0 Å². The lowest BCUT2D eigenvalue weighted by molar-refractivity contribution is -0.137. The lowest BCUT2D eigenvalue weighted by Crippen LogP contribution is -2.10. The van der Waals surface area contributed by atoms with Gasteiger partial charge in [-0.05, 0) is 18.6 Å². The Labute approximate surface area is 106 Å². The number of methoxy groups -OCH3 is 1. The fourth-order valence-electron chi connectivity index (χ4n) is 1.95. The summed E-state index contributed by atoms with van der Waals surface area (Å²) in [7, 11) is 1.60. The van der Waals surface area contributed by atoms with Crippen molar-refractivity contribution in [3.63, 3.8) is 0 Å². The summed E-state index contributed by atoms with van der Waals surface area (Å²) in [5, 5.41) is 0. The summed E-state index contributed by atoms with van der Waals surface area (Å²) in [5.74, 6) is 1.06. The van der Waals surface area contributed by atoms with Crippen LogP contribution in [0.1, 0.15) is 18.9 Å². The van der Waals surface area contributed by atoms with Crippen molar-refractivity contribution in [2.24, 2.45) is 0 Å². The zero-order valence-electron chi connectivity index (χ0n) is 10.6. The van der Waals surface area contributed by atoms with Gasteiger partial charge >= 0.3 is 5.97 Å². The average Bonchev–Trinajstić information content (AvgIpc) is 2.38. The molecule has 0 atom stereocenters. The molecule has 0 amide bonds. The zero-order valence-corrected chi connectivity index (χ0v) is 10.6. The third-order valence-corrected chi connectivity index (χ3v) is 2.74. The minimum Gasteiger partial charge on any atom is -0.493 e. The van der Waals surface area contributed by atoms with Gasteiger partial charge in [-0.1, -0.05) is 12.1 Å². The number of rotatable bonds is 3. The highest BCUT2D eigenvalue weighted by atomic mass is 16.5. The molecule has 0 fully saturated rings. The van der Waals surface area contributed by atoms with Gasteiger partial charge in [0.05, 0.1) is 20.3 Å². The first-order valence-electron chi connectivity index (χ1n) is 5.93. The fraction of sp³-hybridized carbons (Fsp3) is 0.357. The topological polar surface area (TPSA) is 44.8 Å². The van der Waals surface area contributed by atoms with Crippen molar-refractivity contribution in [3.8, 4) is 11.5 Å². The smallest absolute Gasteiger partial charge is 0.331 e. The minimum atomic E-state index is -0.317. The van der Waals surface area contributed by atoms with Gasteiger partial charge in [-0.15, -0.1) is 0 Å². The third kappa shape index (κ3) is 2.47. The summed E-state index contributed by atoms with van der Waals surface area (Å²) in [6.45, 7) is 2.71. The molecule has 0 bridgehead atoms. The highest BCUT2D eigenvalue weighted by Crippen LogP contribution is 2.39. The predicted molar refractivity (Wildman–Crippen MR) is 67.7 cm³/mol. The van der Waals surface area contributed by atoms with Crippen LogP contribution in [-0.4, -0.2) is 26.3 Å². The minimum absolute atomic E-state index is 0.317.